The molecule has 0 amide bonds. The minimum absolute atomic E-state index is 0.122. The van der Waals surface area contributed by atoms with Crippen molar-refractivity contribution in [1.29, 1.82) is 0 Å². The van der Waals surface area contributed by atoms with Crippen LogP contribution in [0.2, 0.25) is 18.1 Å². The summed E-state index contributed by atoms with van der Waals surface area (Å²) >= 11 is 0. The van der Waals surface area contributed by atoms with Crippen LogP contribution in [-0.2, 0) is 10.0 Å². The molecule has 0 bridgehead atoms. The quantitative estimate of drug-likeness (QED) is 0.651. The van der Waals surface area contributed by atoms with Crippen LogP contribution in [-0.4, -0.2) is 8.32 Å². The van der Waals surface area contributed by atoms with Crippen LogP contribution >= 0.6 is 0 Å². The molecule has 18 heavy (non-hydrogen) atoms. The van der Waals surface area contributed by atoms with Gasteiger partial charge in [0.2, 0.25) is 0 Å². The summed E-state index contributed by atoms with van der Waals surface area (Å²) in [5.41, 5.74) is 1.24. The molecule has 2 rings (SSSR count). The van der Waals surface area contributed by atoms with Gasteiger partial charge in [0, 0.05) is 5.41 Å². The molecule has 1 aromatic carbocycles. The summed E-state index contributed by atoms with van der Waals surface area (Å²) in [6.45, 7) is 16.5. The zero-order valence-electron chi connectivity index (χ0n) is 12.8. The van der Waals surface area contributed by atoms with Gasteiger partial charge in [-0.3, -0.25) is 0 Å². The van der Waals surface area contributed by atoms with Gasteiger partial charge in [-0.15, -0.1) is 0 Å². The smallest absolute Gasteiger partial charge is 0.194 e. The van der Waals surface area contributed by atoms with E-state index in [0.29, 0.717) is 0 Å². The maximum atomic E-state index is 6.69. The Morgan fingerprint density at radius 1 is 0.889 bits per heavy atom. The summed E-state index contributed by atoms with van der Waals surface area (Å²) < 4.78 is 6.69. The van der Waals surface area contributed by atoms with Gasteiger partial charge in [-0.25, -0.2) is 0 Å². The molecule has 1 aromatic rings. The molecule has 100 valence electrons. The fourth-order valence-electron chi connectivity index (χ4n) is 3.29. The maximum absolute atomic E-state index is 6.69. The average molecular weight is 262 g/mol. The average Bonchev–Trinajstić information content (AvgIpc) is 2.37. The zero-order chi connectivity index (χ0) is 13.8. The highest BCUT2D eigenvalue weighted by molar-refractivity contribution is 6.75. The molecule has 0 saturated carbocycles. The first kappa shape index (κ1) is 13.8. The van der Waals surface area contributed by atoms with E-state index in [0.717, 1.165) is 0 Å². The molecule has 1 fully saturated rings. The van der Waals surface area contributed by atoms with E-state index in [1.54, 1.807) is 0 Å². The summed E-state index contributed by atoms with van der Waals surface area (Å²) in [6.07, 6.45) is 0. The Kier molecular flexibility index (Phi) is 2.84. The Labute approximate surface area is 113 Å². The van der Waals surface area contributed by atoms with Crippen LogP contribution in [0.25, 0.3) is 0 Å². The molecule has 1 atom stereocenters. The number of rotatable bonds is 1. The fourth-order valence-corrected chi connectivity index (χ4v) is 6.68. The van der Waals surface area contributed by atoms with Gasteiger partial charge in [-0.1, -0.05) is 58.0 Å². The summed E-state index contributed by atoms with van der Waals surface area (Å²) in [6, 6.07) is 10.7. The van der Waals surface area contributed by atoms with Crippen LogP contribution in [0.15, 0.2) is 30.3 Å². The molecular formula is C16H26OSi. The van der Waals surface area contributed by atoms with Gasteiger partial charge >= 0.3 is 0 Å². The van der Waals surface area contributed by atoms with Crippen molar-refractivity contribution in [2.24, 2.45) is 5.41 Å². The standard InChI is InChI=1S/C16H26OSi/c1-14(2)15(3,4)18(6,7)17-16(14,5)13-11-9-8-10-12-13/h8-12H,1-7H3. The van der Waals surface area contributed by atoms with E-state index in [9.17, 15) is 0 Å². The Hall–Kier alpha value is -0.603. The fraction of sp³-hybridized carbons (Fsp3) is 0.625. The summed E-state index contributed by atoms with van der Waals surface area (Å²) in [7, 11) is -1.72. The summed E-state index contributed by atoms with van der Waals surface area (Å²) in [5, 5.41) is 0.241. The monoisotopic (exact) mass is 262 g/mol. The summed E-state index contributed by atoms with van der Waals surface area (Å²) in [4.78, 5) is 0. The highest BCUT2D eigenvalue weighted by Crippen LogP contribution is 2.68. The van der Waals surface area contributed by atoms with Gasteiger partial charge in [0.05, 0.1) is 5.60 Å². The number of benzene rings is 1. The lowest BCUT2D eigenvalue weighted by atomic mass is 9.65. The van der Waals surface area contributed by atoms with Crippen molar-refractivity contribution in [2.45, 2.75) is 58.4 Å². The first-order valence-electron chi connectivity index (χ1n) is 6.82. The molecular weight excluding hydrogens is 236 g/mol. The number of hydrogen-bond donors (Lipinski definition) is 0. The maximum Gasteiger partial charge on any atom is 0.194 e. The van der Waals surface area contributed by atoms with Crippen LogP contribution in [0, 0.1) is 5.41 Å². The predicted octanol–water partition coefficient (Wildman–Crippen LogP) is 4.94. The van der Waals surface area contributed by atoms with E-state index in [4.69, 9.17) is 4.43 Å². The largest absolute Gasteiger partial charge is 0.407 e. The van der Waals surface area contributed by atoms with Crippen molar-refractivity contribution in [1.82, 2.24) is 0 Å². The minimum Gasteiger partial charge on any atom is -0.407 e. The van der Waals surface area contributed by atoms with Crippen molar-refractivity contribution in [3.05, 3.63) is 35.9 Å². The van der Waals surface area contributed by atoms with Crippen molar-refractivity contribution in [3.8, 4) is 0 Å². The number of hydrogen-bond acceptors (Lipinski definition) is 1. The van der Waals surface area contributed by atoms with Crippen LogP contribution in [0.5, 0.6) is 0 Å². The summed E-state index contributed by atoms with van der Waals surface area (Å²) in [5.74, 6) is 0. The molecule has 0 aliphatic carbocycles. The van der Waals surface area contributed by atoms with Gasteiger partial charge in [-0.2, -0.15) is 0 Å². The van der Waals surface area contributed by atoms with Crippen LogP contribution in [0.4, 0.5) is 0 Å². The third-order valence-electron chi connectivity index (χ3n) is 6.04. The molecule has 1 aliphatic rings. The molecule has 1 aliphatic heterocycles. The van der Waals surface area contributed by atoms with Crippen molar-refractivity contribution >= 4 is 8.32 Å². The van der Waals surface area contributed by atoms with Gasteiger partial charge in [-0.05, 0) is 30.6 Å². The Bertz CT molecular complexity index is 447. The predicted molar refractivity (Wildman–Crippen MR) is 80.2 cm³/mol. The molecule has 1 unspecified atom stereocenters. The third-order valence-corrected chi connectivity index (χ3v) is 10.6. The van der Waals surface area contributed by atoms with Gasteiger partial charge < -0.3 is 4.43 Å². The first-order chi connectivity index (χ1) is 8.06. The van der Waals surface area contributed by atoms with Crippen LogP contribution in [0.3, 0.4) is 0 Å². The van der Waals surface area contributed by atoms with Gasteiger partial charge in [0.1, 0.15) is 0 Å². The second kappa shape index (κ2) is 3.70. The molecule has 0 radical (unpaired) electrons. The zero-order valence-corrected chi connectivity index (χ0v) is 13.8. The lowest BCUT2D eigenvalue weighted by molar-refractivity contribution is -0.00833. The van der Waals surface area contributed by atoms with E-state index in [2.05, 4.69) is 78.0 Å². The van der Waals surface area contributed by atoms with Gasteiger partial charge in [0.25, 0.3) is 0 Å². The molecule has 1 saturated heterocycles. The molecule has 1 nitrogen and oxygen atoms in total. The van der Waals surface area contributed by atoms with E-state index >= 15 is 0 Å². The topological polar surface area (TPSA) is 9.23 Å². The highest BCUT2D eigenvalue weighted by Gasteiger charge is 2.67. The van der Waals surface area contributed by atoms with E-state index in [1.807, 2.05) is 0 Å². The van der Waals surface area contributed by atoms with E-state index < -0.39 is 8.32 Å². The SMILES string of the molecule is CC1(c2ccccc2)O[Si](C)(C)C(C)(C)C1(C)C. The lowest BCUT2D eigenvalue weighted by Crippen LogP contribution is -2.42. The third kappa shape index (κ3) is 1.48. The molecule has 0 spiro atoms. The van der Waals surface area contributed by atoms with E-state index in [-0.39, 0.29) is 16.1 Å². The van der Waals surface area contributed by atoms with Crippen molar-refractivity contribution in [3.63, 3.8) is 0 Å². The Balaban J connectivity index is 2.61. The molecule has 2 heteroatoms. The van der Waals surface area contributed by atoms with Crippen LogP contribution in [0.1, 0.15) is 40.2 Å². The lowest BCUT2D eigenvalue weighted by Gasteiger charge is -2.45. The second-order valence-corrected chi connectivity index (χ2v) is 11.7. The Morgan fingerprint density at radius 2 is 1.39 bits per heavy atom. The van der Waals surface area contributed by atoms with Crippen LogP contribution < -0.4 is 0 Å². The van der Waals surface area contributed by atoms with Crippen molar-refractivity contribution < 1.29 is 4.43 Å². The molecule has 1 heterocycles. The molecule has 0 aromatic heterocycles. The normalized spacial score (nSPS) is 32.4. The Morgan fingerprint density at radius 3 is 1.78 bits per heavy atom. The minimum atomic E-state index is -1.72. The van der Waals surface area contributed by atoms with E-state index in [1.165, 1.54) is 5.56 Å². The van der Waals surface area contributed by atoms with Gasteiger partial charge in [0.15, 0.2) is 8.32 Å². The second-order valence-electron chi connectivity index (χ2n) is 7.26. The highest BCUT2D eigenvalue weighted by atomic mass is 28.4. The molecule has 0 N–H and O–H groups in total. The first-order valence-corrected chi connectivity index (χ1v) is 9.73. The van der Waals surface area contributed by atoms with Crippen molar-refractivity contribution in [2.75, 3.05) is 0 Å².